The molecule has 29 heavy (non-hydrogen) atoms. The number of nitrogens with zero attached hydrogens (tertiary/aromatic N) is 2. The molecule has 1 N–H and O–H groups in total. The summed E-state index contributed by atoms with van der Waals surface area (Å²) in [5.41, 5.74) is 0.177. The zero-order chi connectivity index (χ0) is 20.6. The highest BCUT2D eigenvalue weighted by Crippen LogP contribution is 2.43. The highest BCUT2D eigenvalue weighted by atomic mass is 16.6. The van der Waals surface area contributed by atoms with Crippen LogP contribution in [0.5, 0.6) is 0 Å². The maximum atomic E-state index is 9.25. The summed E-state index contributed by atoms with van der Waals surface area (Å²) in [5, 5.41) is 9.25. The lowest BCUT2D eigenvalue weighted by atomic mass is 9.79. The summed E-state index contributed by atoms with van der Waals surface area (Å²) in [7, 11) is 1.65. The molecule has 1 fully saturated rings. The third-order valence-electron chi connectivity index (χ3n) is 4.60. The summed E-state index contributed by atoms with van der Waals surface area (Å²) < 4.78 is 32.6. The molecule has 9 nitrogen and oxygen atoms in total. The standard InChI is InChI=1S/C20H34N2O7/c1-24-7-8-25-9-10-26-11-12-27-13-14-28-15-16-29-20(4-2-5-20)19-21-6-3-18(17-23)22-19/h3,6,23H,2,4-5,7-17H2,1H3. The van der Waals surface area contributed by atoms with Crippen LogP contribution in [0.4, 0.5) is 0 Å². The molecule has 0 unspecified atom stereocenters. The fourth-order valence-electron chi connectivity index (χ4n) is 2.83. The number of aliphatic hydroxyl groups is 1. The first-order valence-corrected chi connectivity index (χ1v) is 10.2. The third-order valence-corrected chi connectivity index (χ3v) is 4.60. The highest BCUT2D eigenvalue weighted by molar-refractivity contribution is 5.11. The maximum Gasteiger partial charge on any atom is 0.160 e. The molecule has 1 aliphatic carbocycles. The van der Waals surface area contributed by atoms with Gasteiger partial charge in [-0.25, -0.2) is 9.97 Å². The second kappa shape index (κ2) is 14.7. The molecule has 0 aliphatic heterocycles. The Labute approximate surface area is 172 Å². The van der Waals surface area contributed by atoms with Gasteiger partial charge in [0.2, 0.25) is 0 Å². The van der Waals surface area contributed by atoms with E-state index in [1.165, 1.54) is 0 Å². The molecule has 1 aromatic rings. The van der Waals surface area contributed by atoms with Crippen LogP contribution in [0.1, 0.15) is 30.8 Å². The minimum absolute atomic E-state index is 0.0953. The Hall–Kier alpha value is -1.20. The molecule has 1 aromatic heterocycles. The van der Waals surface area contributed by atoms with Crippen molar-refractivity contribution in [1.29, 1.82) is 0 Å². The lowest BCUT2D eigenvalue weighted by molar-refractivity contribution is -0.127. The fraction of sp³-hybridized carbons (Fsp3) is 0.800. The molecule has 0 bridgehead atoms. The van der Waals surface area contributed by atoms with Gasteiger partial charge in [-0.2, -0.15) is 0 Å². The molecule has 0 aromatic carbocycles. The fourth-order valence-corrected chi connectivity index (χ4v) is 2.83. The number of hydrogen-bond acceptors (Lipinski definition) is 9. The predicted molar refractivity (Wildman–Crippen MR) is 105 cm³/mol. The maximum absolute atomic E-state index is 9.25. The second-order valence-corrected chi connectivity index (χ2v) is 6.67. The van der Waals surface area contributed by atoms with E-state index in [2.05, 4.69) is 9.97 Å². The van der Waals surface area contributed by atoms with Crippen molar-refractivity contribution in [2.45, 2.75) is 31.5 Å². The van der Waals surface area contributed by atoms with Crippen molar-refractivity contribution in [1.82, 2.24) is 9.97 Å². The smallest absolute Gasteiger partial charge is 0.160 e. The molecule has 2 rings (SSSR count). The average Bonchev–Trinajstić information content (AvgIpc) is 2.72. The van der Waals surface area contributed by atoms with Crippen molar-refractivity contribution in [3.8, 4) is 0 Å². The van der Waals surface area contributed by atoms with E-state index in [0.717, 1.165) is 19.3 Å². The minimum atomic E-state index is -0.435. The lowest BCUT2D eigenvalue weighted by Crippen LogP contribution is -2.40. The zero-order valence-electron chi connectivity index (χ0n) is 17.3. The number of aromatic nitrogens is 2. The number of rotatable bonds is 18. The first-order valence-electron chi connectivity index (χ1n) is 10.2. The molecular weight excluding hydrogens is 380 g/mol. The third kappa shape index (κ3) is 9.00. The molecule has 1 heterocycles. The van der Waals surface area contributed by atoms with E-state index in [9.17, 15) is 5.11 Å². The molecule has 1 aliphatic rings. The number of aliphatic hydroxyl groups excluding tert-OH is 1. The normalized spacial score (nSPS) is 15.4. The van der Waals surface area contributed by atoms with E-state index in [1.54, 1.807) is 19.4 Å². The molecule has 166 valence electrons. The van der Waals surface area contributed by atoms with Crippen LogP contribution in [0.25, 0.3) is 0 Å². The lowest BCUT2D eigenvalue weighted by Gasteiger charge is -2.40. The van der Waals surface area contributed by atoms with Gasteiger partial charge in [0.1, 0.15) is 5.60 Å². The first-order chi connectivity index (χ1) is 14.3. The van der Waals surface area contributed by atoms with Crippen molar-refractivity contribution in [2.24, 2.45) is 0 Å². The number of methoxy groups -OCH3 is 1. The number of hydrogen-bond donors (Lipinski definition) is 1. The van der Waals surface area contributed by atoms with E-state index in [0.29, 0.717) is 77.6 Å². The second-order valence-electron chi connectivity index (χ2n) is 6.67. The molecule has 0 spiro atoms. The Morgan fingerprint density at radius 2 is 1.41 bits per heavy atom. The van der Waals surface area contributed by atoms with Crippen molar-refractivity contribution in [2.75, 3.05) is 73.2 Å². The Balaban J connectivity index is 1.44. The molecule has 0 saturated heterocycles. The quantitative estimate of drug-likeness (QED) is 0.354. The van der Waals surface area contributed by atoms with E-state index >= 15 is 0 Å². The van der Waals surface area contributed by atoms with Crippen LogP contribution in [0.15, 0.2) is 12.3 Å². The summed E-state index contributed by atoms with van der Waals surface area (Å²) in [6.45, 7) is 5.23. The van der Waals surface area contributed by atoms with Crippen LogP contribution in [0.2, 0.25) is 0 Å². The van der Waals surface area contributed by atoms with E-state index < -0.39 is 5.60 Å². The van der Waals surface area contributed by atoms with E-state index in [-0.39, 0.29) is 6.61 Å². The van der Waals surface area contributed by atoms with Gasteiger partial charge in [-0.15, -0.1) is 0 Å². The summed E-state index contributed by atoms with van der Waals surface area (Å²) in [6.07, 6.45) is 4.54. The van der Waals surface area contributed by atoms with Crippen molar-refractivity contribution in [3.63, 3.8) is 0 Å². The van der Waals surface area contributed by atoms with Crippen LogP contribution >= 0.6 is 0 Å². The topological polar surface area (TPSA) is 101 Å². The Kier molecular flexibility index (Phi) is 12.2. The van der Waals surface area contributed by atoms with Crippen LogP contribution in [0.3, 0.4) is 0 Å². The van der Waals surface area contributed by atoms with Gasteiger partial charge in [-0.3, -0.25) is 0 Å². The van der Waals surface area contributed by atoms with Gasteiger partial charge in [0.25, 0.3) is 0 Å². The van der Waals surface area contributed by atoms with Gasteiger partial charge >= 0.3 is 0 Å². The van der Waals surface area contributed by atoms with Gasteiger partial charge in [0.05, 0.1) is 78.4 Å². The van der Waals surface area contributed by atoms with Crippen LogP contribution < -0.4 is 0 Å². The first kappa shape index (κ1) is 24.1. The van der Waals surface area contributed by atoms with Gasteiger partial charge in [0, 0.05) is 13.3 Å². The molecule has 9 heteroatoms. The molecule has 1 saturated carbocycles. The summed E-state index contributed by atoms with van der Waals surface area (Å²) in [4.78, 5) is 8.74. The van der Waals surface area contributed by atoms with Gasteiger partial charge in [0.15, 0.2) is 5.82 Å². The van der Waals surface area contributed by atoms with E-state index in [4.69, 9.17) is 28.4 Å². The summed E-state index contributed by atoms with van der Waals surface area (Å²) >= 11 is 0. The van der Waals surface area contributed by atoms with E-state index in [1.807, 2.05) is 0 Å². The van der Waals surface area contributed by atoms with Crippen molar-refractivity contribution in [3.05, 3.63) is 23.8 Å². The van der Waals surface area contributed by atoms with Gasteiger partial charge in [-0.05, 0) is 25.3 Å². The molecule has 0 atom stereocenters. The number of ether oxygens (including phenoxy) is 6. The predicted octanol–water partition coefficient (Wildman–Crippen LogP) is 1.08. The van der Waals surface area contributed by atoms with Crippen LogP contribution in [-0.2, 0) is 40.6 Å². The Bertz CT molecular complexity index is 543. The molecule has 0 amide bonds. The van der Waals surface area contributed by atoms with Crippen molar-refractivity contribution < 1.29 is 33.5 Å². The SMILES string of the molecule is COCCOCCOCCOCCOCCOC1(c2nccc(CO)n2)CCC1. The average molecular weight is 414 g/mol. The largest absolute Gasteiger partial charge is 0.390 e. The Morgan fingerprint density at radius 3 is 1.90 bits per heavy atom. The zero-order valence-corrected chi connectivity index (χ0v) is 17.3. The van der Waals surface area contributed by atoms with Crippen LogP contribution in [-0.4, -0.2) is 88.3 Å². The minimum Gasteiger partial charge on any atom is -0.390 e. The van der Waals surface area contributed by atoms with Gasteiger partial charge in [-0.1, -0.05) is 0 Å². The van der Waals surface area contributed by atoms with Gasteiger partial charge < -0.3 is 33.5 Å². The summed E-state index contributed by atoms with van der Waals surface area (Å²) in [6, 6.07) is 1.71. The highest BCUT2D eigenvalue weighted by Gasteiger charge is 2.42. The molecular formula is C20H34N2O7. The Morgan fingerprint density at radius 1 is 0.862 bits per heavy atom. The monoisotopic (exact) mass is 414 g/mol. The molecule has 0 radical (unpaired) electrons. The van der Waals surface area contributed by atoms with Crippen molar-refractivity contribution >= 4 is 0 Å². The summed E-state index contributed by atoms with van der Waals surface area (Å²) in [5.74, 6) is 0.655. The van der Waals surface area contributed by atoms with Crippen LogP contribution in [0, 0.1) is 0 Å².